The molecule has 2 heterocycles. The molecule has 1 aromatic rings. The second-order valence-electron chi connectivity index (χ2n) is 5.51. The zero-order valence-electron chi connectivity index (χ0n) is 11.6. The second-order valence-corrected chi connectivity index (χ2v) is 5.51. The molecule has 1 atom stereocenters. The molecule has 18 heavy (non-hydrogen) atoms. The quantitative estimate of drug-likeness (QED) is 0.780. The summed E-state index contributed by atoms with van der Waals surface area (Å²) in [6.07, 6.45) is 2.07. The van der Waals surface area contributed by atoms with Crippen molar-refractivity contribution in [3.8, 4) is 0 Å². The summed E-state index contributed by atoms with van der Waals surface area (Å²) in [6, 6.07) is 0. The first kappa shape index (κ1) is 13.5. The molecule has 0 bridgehead atoms. The maximum Gasteiger partial charge on any atom is 0.0967 e. The highest BCUT2D eigenvalue weighted by Crippen LogP contribution is 2.22. The molecule has 2 rings (SSSR count). The highest BCUT2D eigenvalue weighted by atomic mass is 16.5. The molecule has 102 valence electrons. The summed E-state index contributed by atoms with van der Waals surface area (Å²) in [5, 5.41) is 8.09. The van der Waals surface area contributed by atoms with Gasteiger partial charge in [-0.3, -0.25) is 9.58 Å². The predicted octanol–water partition coefficient (Wildman–Crippen LogP) is 0.441. The molecular formula is C12H22N4O2. The summed E-state index contributed by atoms with van der Waals surface area (Å²) < 4.78 is 12.9. The van der Waals surface area contributed by atoms with Gasteiger partial charge in [0, 0.05) is 40.0 Å². The minimum absolute atomic E-state index is 0.121. The lowest BCUT2D eigenvalue weighted by molar-refractivity contribution is -0.154. The summed E-state index contributed by atoms with van der Waals surface area (Å²) >= 11 is 0. The number of nitrogens with zero attached hydrogens (tertiary/aromatic N) is 4. The Kier molecular flexibility index (Phi) is 3.99. The van der Waals surface area contributed by atoms with Crippen LogP contribution in [-0.4, -0.2) is 58.4 Å². The molecule has 6 nitrogen and oxygen atoms in total. The van der Waals surface area contributed by atoms with Gasteiger partial charge < -0.3 is 9.47 Å². The lowest BCUT2D eigenvalue weighted by Crippen LogP contribution is -2.53. The standard InChI is InChI=1S/C12H22N4O2/c1-12(2)9-16(7-11(18-12)8-17-4)6-10-5-15(3)14-13-10/h5,11H,6-9H2,1-4H3. The van der Waals surface area contributed by atoms with E-state index in [0.717, 1.165) is 25.3 Å². The van der Waals surface area contributed by atoms with Crippen molar-refractivity contribution < 1.29 is 9.47 Å². The summed E-state index contributed by atoms with van der Waals surface area (Å²) in [7, 11) is 3.59. The lowest BCUT2D eigenvalue weighted by atomic mass is 10.1. The number of morpholine rings is 1. The highest BCUT2D eigenvalue weighted by molar-refractivity contribution is 4.94. The molecule has 0 aromatic carbocycles. The first-order chi connectivity index (χ1) is 8.48. The van der Waals surface area contributed by atoms with Crippen LogP contribution in [0.2, 0.25) is 0 Å². The molecule has 1 saturated heterocycles. The summed E-state index contributed by atoms with van der Waals surface area (Å²) in [4.78, 5) is 2.34. The van der Waals surface area contributed by atoms with E-state index in [0.29, 0.717) is 6.61 Å². The smallest absolute Gasteiger partial charge is 0.0967 e. The van der Waals surface area contributed by atoms with Gasteiger partial charge in [0.2, 0.25) is 0 Å². The fraction of sp³-hybridized carbons (Fsp3) is 0.833. The largest absolute Gasteiger partial charge is 0.382 e. The van der Waals surface area contributed by atoms with Gasteiger partial charge in [0.1, 0.15) is 0 Å². The van der Waals surface area contributed by atoms with Crippen molar-refractivity contribution in [1.29, 1.82) is 0 Å². The van der Waals surface area contributed by atoms with Crippen LogP contribution in [0.25, 0.3) is 0 Å². The third-order valence-electron chi connectivity index (χ3n) is 2.94. The van der Waals surface area contributed by atoms with E-state index in [-0.39, 0.29) is 11.7 Å². The number of aryl methyl sites for hydroxylation is 1. The molecule has 1 unspecified atom stereocenters. The van der Waals surface area contributed by atoms with Crippen LogP contribution in [0.15, 0.2) is 6.20 Å². The van der Waals surface area contributed by atoms with E-state index in [9.17, 15) is 0 Å². The Hall–Kier alpha value is -0.980. The fourth-order valence-corrected chi connectivity index (χ4v) is 2.51. The van der Waals surface area contributed by atoms with Crippen molar-refractivity contribution in [2.45, 2.75) is 32.1 Å². The van der Waals surface area contributed by atoms with Crippen LogP contribution in [0.3, 0.4) is 0 Å². The van der Waals surface area contributed by atoms with Gasteiger partial charge in [-0.05, 0) is 13.8 Å². The molecule has 0 spiro atoms. The molecule has 1 fully saturated rings. The molecule has 0 N–H and O–H groups in total. The van der Waals surface area contributed by atoms with Gasteiger partial charge in [0.05, 0.1) is 24.0 Å². The fourth-order valence-electron chi connectivity index (χ4n) is 2.51. The summed E-state index contributed by atoms with van der Waals surface area (Å²) in [6.45, 7) is 7.41. The van der Waals surface area contributed by atoms with Gasteiger partial charge in [0.15, 0.2) is 0 Å². The molecule has 0 amide bonds. The van der Waals surface area contributed by atoms with Gasteiger partial charge in [0.25, 0.3) is 0 Å². The van der Waals surface area contributed by atoms with Crippen molar-refractivity contribution in [3.05, 3.63) is 11.9 Å². The van der Waals surface area contributed by atoms with Crippen molar-refractivity contribution in [2.75, 3.05) is 26.8 Å². The second kappa shape index (κ2) is 5.34. The Morgan fingerprint density at radius 3 is 2.94 bits per heavy atom. The molecule has 0 saturated carbocycles. The van der Waals surface area contributed by atoms with E-state index >= 15 is 0 Å². The van der Waals surface area contributed by atoms with E-state index in [1.165, 1.54) is 0 Å². The van der Waals surface area contributed by atoms with Crippen molar-refractivity contribution in [1.82, 2.24) is 19.9 Å². The molecule has 1 aliphatic heterocycles. The van der Waals surface area contributed by atoms with Crippen LogP contribution in [0, 0.1) is 0 Å². The molecule has 1 aliphatic rings. The minimum atomic E-state index is -0.149. The minimum Gasteiger partial charge on any atom is -0.382 e. The monoisotopic (exact) mass is 254 g/mol. The first-order valence-corrected chi connectivity index (χ1v) is 6.23. The van der Waals surface area contributed by atoms with Crippen LogP contribution in [0.4, 0.5) is 0 Å². The Labute approximate surface area is 108 Å². The van der Waals surface area contributed by atoms with Crippen LogP contribution in [0.1, 0.15) is 19.5 Å². The Morgan fingerprint density at radius 2 is 2.33 bits per heavy atom. The number of hydrogen-bond donors (Lipinski definition) is 0. The zero-order valence-corrected chi connectivity index (χ0v) is 11.6. The van der Waals surface area contributed by atoms with Gasteiger partial charge in [-0.25, -0.2) is 0 Å². The van der Waals surface area contributed by atoms with E-state index in [4.69, 9.17) is 9.47 Å². The van der Waals surface area contributed by atoms with E-state index < -0.39 is 0 Å². The van der Waals surface area contributed by atoms with Crippen LogP contribution in [-0.2, 0) is 23.1 Å². The number of hydrogen-bond acceptors (Lipinski definition) is 5. The number of ether oxygens (including phenoxy) is 2. The summed E-state index contributed by atoms with van der Waals surface area (Å²) in [5.74, 6) is 0. The Balaban J connectivity index is 1.98. The van der Waals surface area contributed by atoms with Crippen LogP contribution < -0.4 is 0 Å². The predicted molar refractivity (Wildman–Crippen MR) is 67.1 cm³/mol. The SMILES string of the molecule is COCC1CN(Cc2cn(C)nn2)CC(C)(C)O1. The van der Waals surface area contributed by atoms with Crippen molar-refractivity contribution in [3.63, 3.8) is 0 Å². The average molecular weight is 254 g/mol. The molecule has 6 heteroatoms. The highest BCUT2D eigenvalue weighted by Gasteiger charge is 2.33. The summed E-state index contributed by atoms with van der Waals surface area (Å²) in [5.41, 5.74) is 0.843. The average Bonchev–Trinajstić information content (AvgIpc) is 2.61. The third kappa shape index (κ3) is 3.51. The number of aromatic nitrogens is 3. The first-order valence-electron chi connectivity index (χ1n) is 6.23. The third-order valence-corrected chi connectivity index (χ3v) is 2.94. The molecule has 1 aromatic heterocycles. The van der Waals surface area contributed by atoms with Gasteiger partial charge in [-0.15, -0.1) is 5.10 Å². The molecule has 0 aliphatic carbocycles. The Morgan fingerprint density at radius 1 is 1.56 bits per heavy atom. The van der Waals surface area contributed by atoms with Gasteiger partial charge in [-0.2, -0.15) is 0 Å². The van der Waals surface area contributed by atoms with Gasteiger partial charge in [-0.1, -0.05) is 5.21 Å². The van der Waals surface area contributed by atoms with Crippen molar-refractivity contribution in [2.24, 2.45) is 7.05 Å². The topological polar surface area (TPSA) is 52.4 Å². The number of rotatable bonds is 4. The maximum absolute atomic E-state index is 5.98. The van der Waals surface area contributed by atoms with Crippen molar-refractivity contribution >= 4 is 0 Å². The van der Waals surface area contributed by atoms with Crippen LogP contribution in [0.5, 0.6) is 0 Å². The van der Waals surface area contributed by atoms with Crippen LogP contribution >= 0.6 is 0 Å². The lowest BCUT2D eigenvalue weighted by Gasteiger charge is -2.42. The van der Waals surface area contributed by atoms with E-state index in [2.05, 4.69) is 29.1 Å². The van der Waals surface area contributed by atoms with Gasteiger partial charge >= 0.3 is 0 Å². The Bertz CT molecular complexity index is 391. The van der Waals surface area contributed by atoms with E-state index in [1.54, 1.807) is 11.8 Å². The van der Waals surface area contributed by atoms with E-state index in [1.807, 2.05) is 13.2 Å². The zero-order chi connectivity index (χ0) is 13.2. The number of methoxy groups -OCH3 is 1. The normalized spacial score (nSPS) is 24.3. The molecule has 0 radical (unpaired) electrons. The molecular weight excluding hydrogens is 232 g/mol. The maximum atomic E-state index is 5.98.